The van der Waals surface area contributed by atoms with Gasteiger partial charge in [-0.3, -0.25) is 4.98 Å². The summed E-state index contributed by atoms with van der Waals surface area (Å²) in [6.07, 6.45) is 2.81. The van der Waals surface area contributed by atoms with E-state index in [1.807, 2.05) is 36.5 Å². The fraction of sp³-hybridized carbons (Fsp3) is 0.241. The van der Waals surface area contributed by atoms with Gasteiger partial charge in [-0.05, 0) is 80.0 Å². The number of aromatic nitrogens is 2. The third-order valence-electron chi connectivity index (χ3n) is 6.85. The molecule has 0 saturated carbocycles. The molecule has 2 unspecified atom stereocenters. The molecular weight excluding hydrogens is 452 g/mol. The van der Waals surface area contributed by atoms with Crippen molar-refractivity contribution in [3.63, 3.8) is 0 Å². The molecule has 0 amide bonds. The Morgan fingerprint density at radius 2 is 1.69 bits per heavy atom. The normalized spacial score (nSPS) is 17.5. The van der Waals surface area contributed by atoms with Crippen LogP contribution in [0.25, 0.3) is 5.69 Å². The Labute approximate surface area is 212 Å². The zero-order chi connectivity index (χ0) is 24.5. The highest BCUT2D eigenvalue weighted by Gasteiger charge is 2.43. The Hall–Kier alpha value is -3.64. The second-order valence-corrected chi connectivity index (χ2v) is 9.20. The average Bonchev–Trinajstić information content (AvgIpc) is 3.39. The number of nitrogens with zero attached hydrogens (tertiary/aromatic N) is 3. The van der Waals surface area contributed by atoms with E-state index in [1.165, 1.54) is 28.2 Å². The Balaban J connectivity index is 1.72. The van der Waals surface area contributed by atoms with E-state index >= 15 is 0 Å². The molecule has 178 valence electrons. The number of hydrogen-bond acceptors (Lipinski definition) is 3. The molecular formula is C29H30N4OS. The van der Waals surface area contributed by atoms with E-state index in [0.717, 1.165) is 23.6 Å². The van der Waals surface area contributed by atoms with Crippen molar-refractivity contribution in [3.8, 4) is 11.4 Å². The average molecular weight is 483 g/mol. The highest BCUT2D eigenvalue weighted by atomic mass is 32.1. The molecule has 1 saturated heterocycles. The van der Waals surface area contributed by atoms with E-state index < -0.39 is 0 Å². The van der Waals surface area contributed by atoms with Gasteiger partial charge in [-0.1, -0.05) is 43.3 Å². The van der Waals surface area contributed by atoms with Gasteiger partial charge in [0.05, 0.1) is 30.6 Å². The van der Waals surface area contributed by atoms with Crippen LogP contribution in [0.2, 0.25) is 0 Å². The molecule has 3 heterocycles. The molecule has 1 aliphatic rings. The molecule has 1 N–H and O–H groups in total. The predicted molar refractivity (Wildman–Crippen MR) is 146 cm³/mol. The molecule has 5 nitrogen and oxygen atoms in total. The lowest BCUT2D eigenvalue weighted by molar-refractivity contribution is 0.414. The maximum Gasteiger partial charge on any atom is 0.174 e. The van der Waals surface area contributed by atoms with Crippen LogP contribution >= 0.6 is 12.2 Å². The molecule has 0 aliphatic carbocycles. The maximum absolute atomic E-state index is 5.92. The summed E-state index contributed by atoms with van der Waals surface area (Å²) in [6, 6.07) is 24.8. The minimum atomic E-state index is -0.107. The lowest BCUT2D eigenvalue weighted by Gasteiger charge is -2.29. The molecule has 1 aliphatic heterocycles. The van der Waals surface area contributed by atoms with Crippen LogP contribution in [0, 0.1) is 13.8 Å². The molecule has 5 rings (SSSR count). The summed E-state index contributed by atoms with van der Waals surface area (Å²) >= 11 is 5.92. The maximum atomic E-state index is 5.92. The molecule has 2 aromatic heterocycles. The van der Waals surface area contributed by atoms with Crippen LogP contribution in [0.5, 0.6) is 5.75 Å². The summed E-state index contributed by atoms with van der Waals surface area (Å²) < 4.78 is 8.11. The third-order valence-corrected chi connectivity index (χ3v) is 7.16. The minimum Gasteiger partial charge on any atom is -0.495 e. The van der Waals surface area contributed by atoms with Crippen molar-refractivity contribution in [1.82, 2.24) is 14.9 Å². The number of thiocarbonyl (C=S) groups is 1. The first kappa shape index (κ1) is 23.1. The van der Waals surface area contributed by atoms with Crippen LogP contribution < -0.4 is 15.0 Å². The van der Waals surface area contributed by atoms with Gasteiger partial charge in [0.2, 0.25) is 0 Å². The molecule has 2 aromatic carbocycles. The number of rotatable bonds is 6. The number of para-hydroxylation sites is 3. The number of anilines is 1. The van der Waals surface area contributed by atoms with E-state index in [-0.39, 0.29) is 12.1 Å². The first-order valence-corrected chi connectivity index (χ1v) is 12.4. The predicted octanol–water partition coefficient (Wildman–Crippen LogP) is 6.24. The number of hydrogen-bond donors (Lipinski definition) is 1. The van der Waals surface area contributed by atoms with E-state index in [4.69, 9.17) is 21.9 Å². The molecule has 1 fully saturated rings. The summed E-state index contributed by atoms with van der Waals surface area (Å²) in [5, 5.41) is 4.23. The number of nitrogens with one attached hydrogen (secondary N) is 1. The van der Waals surface area contributed by atoms with E-state index in [1.54, 1.807) is 7.11 Å². The fourth-order valence-electron chi connectivity index (χ4n) is 5.24. The van der Waals surface area contributed by atoms with Crippen molar-refractivity contribution in [2.24, 2.45) is 0 Å². The summed E-state index contributed by atoms with van der Waals surface area (Å²) in [7, 11) is 1.70. The van der Waals surface area contributed by atoms with Gasteiger partial charge in [-0.15, -0.1) is 0 Å². The molecule has 2 atom stereocenters. The lowest BCUT2D eigenvalue weighted by atomic mass is 9.96. The van der Waals surface area contributed by atoms with Gasteiger partial charge >= 0.3 is 0 Å². The summed E-state index contributed by atoms with van der Waals surface area (Å²) in [6.45, 7) is 6.58. The standard InChI is InChI=1S/C29H30N4OS/c1-5-21-12-6-7-14-24(21)32-19(2)18-22(20(32)3)28-27(23-13-10-11-17-30-23)31-29(35)33(28)25-15-8-9-16-26(25)34-4/h6-18,27-28H,5H2,1-4H3,(H,31,35). The van der Waals surface area contributed by atoms with Gasteiger partial charge in [0, 0.05) is 23.3 Å². The molecule has 0 spiro atoms. The highest BCUT2D eigenvalue weighted by Crippen LogP contribution is 2.46. The Bertz CT molecular complexity index is 1360. The van der Waals surface area contributed by atoms with Gasteiger partial charge in [-0.2, -0.15) is 0 Å². The van der Waals surface area contributed by atoms with Crippen LogP contribution in [-0.4, -0.2) is 21.8 Å². The first-order valence-electron chi connectivity index (χ1n) is 12.0. The van der Waals surface area contributed by atoms with Gasteiger partial charge in [0.25, 0.3) is 0 Å². The Morgan fingerprint density at radius 3 is 2.40 bits per heavy atom. The highest BCUT2D eigenvalue weighted by molar-refractivity contribution is 7.80. The van der Waals surface area contributed by atoms with Crippen molar-refractivity contribution < 1.29 is 4.74 Å². The van der Waals surface area contributed by atoms with Crippen molar-refractivity contribution in [1.29, 1.82) is 0 Å². The smallest absolute Gasteiger partial charge is 0.174 e. The van der Waals surface area contributed by atoms with Crippen LogP contribution in [0.4, 0.5) is 5.69 Å². The molecule has 35 heavy (non-hydrogen) atoms. The number of benzene rings is 2. The summed E-state index contributed by atoms with van der Waals surface area (Å²) in [5.74, 6) is 0.786. The van der Waals surface area contributed by atoms with Crippen molar-refractivity contribution in [2.45, 2.75) is 39.3 Å². The fourth-order valence-corrected chi connectivity index (χ4v) is 5.58. The SMILES string of the molecule is CCc1ccccc1-n1c(C)cc(C2C(c3ccccn3)NC(=S)N2c2ccccc2OC)c1C. The topological polar surface area (TPSA) is 42.3 Å². The third kappa shape index (κ3) is 3.98. The van der Waals surface area contributed by atoms with Crippen LogP contribution in [0.1, 0.15) is 47.2 Å². The Morgan fingerprint density at radius 1 is 0.971 bits per heavy atom. The zero-order valence-electron chi connectivity index (χ0n) is 20.5. The minimum absolute atomic E-state index is 0.0950. The van der Waals surface area contributed by atoms with E-state index in [0.29, 0.717) is 5.11 Å². The summed E-state index contributed by atoms with van der Waals surface area (Å²) in [5.41, 5.74) is 8.04. The Kier molecular flexibility index (Phi) is 6.31. The second kappa shape index (κ2) is 9.55. The molecule has 6 heteroatoms. The monoisotopic (exact) mass is 482 g/mol. The van der Waals surface area contributed by atoms with Gasteiger partial charge < -0.3 is 19.5 Å². The van der Waals surface area contributed by atoms with E-state index in [9.17, 15) is 0 Å². The zero-order valence-corrected chi connectivity index (χ0v) is 21.3. The van der Waals surface area contributed by atoms with Crippen LogP contribution in [0.15, 0.2) is 79.0 Å². The quantitative estimate of drug-likeness (QED) is 0.330. The largest absolute Gasteiger partial charge is 0.495 e. The first-order chi connectivity index (χ1) is 17.0. The number of methoxy groups -OCH3 is 1. The van der Waals surface area contributed by atoms with Gasteiger partial charge in [0.1, 0.15) is 5.75 Å². The van der Waals surface area contributed by atoms with Crippen molar-refractivity contribution >= 4 is 23.0 Å². The summed E-state index contributed by atoms with van der Waals surface area (Å²) in [4.78, 5) is 6.89. The molecule has 0 radical (unpaired) electrons. The van der Waals surface area contributed by atoms with E-state index in [2.05, 4.69) is 78.0 Å². The van der Waals surface area contributed by atoms with Crippen LogP contribution in [0.3, 0.4) is 0 Å². The van der Waals surface area contributed by atoms with Crippen molar-refractivity contribution in [3.05, 3.63) is 107 Å². The number of ether oxygens (including phenoxy) is 1. The van der Waals surface area contributed by atoms with Gasteiger partial charge in [-0.25, -0.2) is 0 Å². The van der Waals surface area contributed by atoms with Crippen LogP contribution in [-0.2, 0) is 6.42 Å². The van der Waals surface area contributed by atoms with Gasteiger partial charge in [0.15, 0.2) is 5.11 Å². The lowest BCUT2D eigenvalue weighted by Crippen LogP contribution is -2.30. The second-order valence-electron chi connectivity index (χ2n) is 8.81. The number of pyridine rings is 1. The molecule has 0 bridgehead atoms. The van der Waals surface area contributed by atoms with Crippen molar-refractivity contribution in [2.75, 3.05) is 12.0 Å². The molecule has 4 aromatic rings. The number of aryl methyl sites for hydroxylation is 2.